The number of fused-ring (bicyclic) bond motifs is 1. The molecule has 3 rings (SSSR count). The first kappa shape index (κ1) is 15.9. The standard InChI is InChI=1S/C17H25N3O3/c1-17(7-3-9-23-17)11-20-16(18-2)19-8-6-13-4-5-14-15(10-13)22-12-21-14/h4-5,10H,3,6-9,11-12H2,1-2H3,(H2,18,19,20). The Morgan fingerprint density at radius 3 is 2.91 bits per heavy atom. The van der Waals surface area contributed by atoms with Crippen LogP contribution in [0.4, 0.5) is 0 Å². The number of benzene rings is 1. The molecule has 0 radical (unpaired) electrons. The fourth-order valence-electron chi connectivity index (χ4n) is 2.89. The van der Waals surface area contributed by atoms with E-state index in [4.69, 9.17) is 14.2 Å². The second-order valence-electron chi connectivity index (χ2n) is 6.19. The average Bonchev–Trinajstić information content (AvgIpc) is 3.19. The van der Waals surface area contributed by atoms with Gasteiger partial charge in [0.05, 0.1) is 5.60 Å². The van der Waals surface area contributed by atoms with E-state index < -0.39 is 0 Å². The van der Waals surface area contributed by atoms with Gasteiger partial charge in [-0.05, 0) is 43.9 Å². The lowest BCUT2D eigenvalue weighted by Gasteiger charge is -2.24. The van der Waals surface area contributed by atoms with E-state index in [1.165, 1.54) is 5.56 Å². The summed E-state index contributed by atoms with van der Waals surface area (Å²) in [5.74, 6) is 2.46. The van der Waals surface area contributed by atoms with E-state index in [9.17, 15) is 0 Å². The van der Waals surface area contributed by atoms with Crippen molar-refractivity contribution in [1.82, 2.24) is 10.6 Å². The molecule has 1 unspecified atom stereocenters. The summed E-state index contributed by atoms with van der Waals surface area (Å²) in [6.07, 6.45) is 3.12. The Kier molecular flexibility index (Phi) is 4.91. The normalized spacial score (nSPS) is 23.1. The number of nitrogens with one attached hydrogen (secondary N) is 2. The number of rotatable bonds is 5. The molecule has 0 spiro atoms. The number of guanidine groups is 1. The highest BCUT2D eigenvalue weighted by Crippen LogP contribution is 2.32. The summed E-state index contributed by atoms with van der Waals surface area (Å²) < 4.78 is 16.5. The summed E-state index contributed by atoms with van der Waals surface area (Å²) in [4.78, 5) is 4.26. The van der Waals surface area contributed by atoms with E-state index in [1.807, 2.05) is 12.1 Å². The van der Waals surface area contributed by atoms with E-state index in [1.54, 1.807) is 7.05 Å². The molecule has 2 N–H and O–H groups in total. The fraction of sp³-hybridized carbons (Fsp3) is 0.588. The Morgan fingerprint density at radius 1 is 1.26 bits per heavy atom. The maximum Gasteiger partial charge on any atom is 0.231 e. The Morgan fingerprint density at radius 2 is 2.13 bits per heavy atom. The van der Waals surface area contributed by atoms with E-state index in [-0.39, 0.29) is 5.60 Å². The minimum absolute atomic E-state index is 0.0745. The van der Waals surface area contributed by atoms with Gasteiger partial charge in [0.2, 0.25) is 6.79 Å². The quantitative estimate of drug-likeness (QED) is 0.639. The molecule has 0 aromatic heterocycles. The van der Waals surface area contributed by atoms with Crippen LogP contribution in [0.15, 0.2) is 23.2 Å². The van der Waals surface area contributed by atoms with E-state index in [0.717, 1.165) is 56.4 Å². The van der Waals surface area contributed by atoms with Gasteiger partial charge in [-0.3, -0.25) is 4.99 Å². The van der Waals surface area contributed by atoms with Gasteiger partial charge in [0.1, 0.15) is 0 Å². The third-order valence-electron chi connectivity index (χ3n) is 4.30. The summed E-state index contributed by atoms with van der Waals surface area (Å²) >= 11 is 0. The van der Waals surface area contributed by atoms with Crippen molar-refractivity contribution >= 4 is 5.96 Å². The van der Waals surface area contributed by atoms with Crippen molar-refractivity contribution in [1.29, 1.82) is 0 Å². The van der Waals surface area contributed by atoms with Gasteiger partial charge in [0, 0.05) is 26.7 Å². The van der Waals surface area contributed by atoms with Gasteiger partial charge in [-0.15, -0.1) is 0 Å². The number of hydrogen-bond donors (Lipinski definition) is 2. The third-order valence-corrected chi connectivity index (χ3v) is 4.30. The highest BCUT2D eigenvalue weighted by molar-refractivity contribution is 5.79. The summed E-state index contributed by atoms with van der Waals surface area (Å²) in [7, 11) is 1.79. The average molecular weight is 319 g/mol. The zero-order valence-electron chi connectivity index (χ0n) is 13.9. The van der Waals surface area contributed by atoms with E-state index in [0.29, 0.717) is 6.79 Å². The van der Waals surface area contributed by atoms with Gasteiger partial charge in [-0.25, -0.2) is 0 Å². The maximum absolute atomic E-state index is 5.78. The summed E-state index contributed by atoms with van der Waals surface area (Å²) in [6.45, 7) is 4.89. The molecule has 23 heavy (non-hydrogen) atoms. The van der Waals surface area contributed by atoms with Crippen LogP contribution in [-0.2, 0) is 11.2 Å². The van der Waals surface area contributed by atoms with Crippen molar-refractivity contribution in [2.45, 2.75) is 31.8 Å². The molecular formula is C17H25N3O3. The van der Waals surface area contributed by atoms with Crippen LogP contribution < -0.4 is 20.1 Å². The van der Waals surface area contributed by atoms with Crippen LogP contribution in [0.2, 0.25) is 0 Å². The summed E-state index contributed by atoms with van der Waals surface area (Å²) in [5, 5.41) is 6.69. The number of aliphatic imine (C=N–C) groups is 1. The van der Waals surface area contributed by atoms with Crippen LogP contribution in [0, 0.1) is 0 Å². The van der Waals surface area contributed by atoms with Crippen molar-refractivity contribution in [3.8, 4) is 11.5 Å². The van der Waals surface area contributed by atoms with Gasteiger partial charge >= 0.3 is 0 Å². The first-order valence-corrected chi connectivity index (χ1v) is 8.16. The molecule has 126 valence electrons. The molecule has 1 aromatic rings. The van der Waals surface area contributed by atoms with Crippen molar-refractivity contribution in [2.24, 2.45) is 4.99 Å². The Hall–Kier alpha value is -1.95. The molecule has 1 fully saturated rings. The van der Waals surface area contributed by atoms with Crippen LogP contribution in [0.25, 0.3) is 0 Å². The first-order chi connectivity index (χ1) is 11.2. The molecule has 0 saturated carbocycles. The van der Waals surface area contributed by atoms with Gasteiger partial charge in [-0.1, -0.05) is 6.07 Å². The summed E-state index contributed by atoms with van der Waals surface area (Å²) in [5.41, 5.74) is 1.14. The molecule has 6 nitrogen and oxygen atoms in total. The van der Waals surface area contributed by atoms with Gasteiger partial charge in [0.25, 0.3) is 0 Å². The van der Waals surface area contributed by atoms with Gasteiger partial charge in [0.15, 0.2) is 17.5 Å². The first-order valence-electron chi connectivity index (χ1n) is 8.16. The Bertz CT molecular complexity index is 568. The minimum Gasteiger partial charge on any atom is -0.454 e. The maximum atomic E-state index is 5.78. The number of ether oxygens (including phenoxy) is 3. The Labute approximate surface area is 137 Å². The lowest BCUT2D eigenvalue weighted by atomic mass is 10.0. The van der Waals surface area contributed by atoms with E-state index >= 15 is 0 Å². The van der Waals surface area contributed by atoms with Crippen molar-refractivity contribution < 1.29 is 14.2 Å². The predicted molar refractivity (Wildman–Crippen MR) is 89.2 cm³/mol. The molecule has 1 atom stereocenters. The molecule has 0 amide bonds. The minimum atomic E-state index is -0.0745. The second-order valence-corrected chi connectivity index (χ2v) is 6.19. The third kappa shape index (κ3) is 4.07. The van der Waals surface area contributed by atoms with E-state index in [2.05, 4.69) is 28.6 Å². The molecule has 2 aliphatic rings. The molecule has 0 aliphatic carbocycles. The largest absolute Gasteiger partial charge is 0.454 e. The smallest absolute Gasteiger partial charge is 0.231 e. The van der Waals surface area contributed by atoms with Crippen molar-refractivity contribution in [3.05, 3.63) is 23.8 Å². The summed E-state index contributed by atoms with van der Waals surface area (Å²) in [6, 6.07) is 6.06. The molecule has 1 saturated heterocycles. The Balaban J connectivity index is 1.43. The lowest BCUT2D eigenvalue weighted by molar-refractivity contribution is 0.0243. The highest BCUT2D eigenvalue weighted by Gasteiger charge is 2.29. The monoisotopic (exact) mass is 319 g/mol. The zero-order chi connectivity index (χ0) is 16.1. The van der Waals surface area contributed by atoms with Crippen LogP contribution in [0.1, 0.15) is 25.3 Å². The van der Waals surface area contributed by atoms with Crippen LogP contribution >= 0.6 is 0 Å². The van der Waals surface area contributed by atoms with Gasteiger partial charge < -0.3 is 24.8 Å². The molecule has 2 aliphatic heterocycles. The zero-order valence-corrected chi connectivity index (χ0v) is 13.9. The molecule has 0 bridgehead atoms. The van der Waals surface area contributed by atoms with Crippen LogP contribution in [0.3, 0.4) is 0 Å². The molecule has 2 heterocycles. The number of hydrogen-bond acceptors (Lipinski definition) is 4. The second kappa shape index (κ2) is 7.08. The SMILES string of the molecule is CN=C(NCCc1ccc2c(c1)OCO2)NCC1(C)CCCO1. The fourth-order valence-corrected chi connectivity index (χ4v) is 2.89. The lowest BCUT2D eigenvalue weighted by Crippen LogP contribution is -2.45. The molecular weight excluding hydrogens is 294 g/mol. The predicted octanol–water partition coefficient (Wildman–Crippen LogP) is 1.69. The van der Waals surface area contributed by atoms with Crippen molar-refractivity contribution in [3.63, 3.8) is 0 Å². The van der Waals surface area contributed by atoms with Crippen molar-refractivity contribution in [2.75, 3.05) is 33.5 Å². The van der Waals surface area contributed by atoms with Crippen LogP contribution in [0.5, 0.6) is 11.5 Å². The van der Waals surface area contributed by atoms with Crippen LogP contribution in [-0.4, -0.2) is 45.1 Å². The van der Waals surface area contributed by atoms with Gasteiger partial charge in [-0.2, -0.15) is 0 Å². The molecule has 6 heteroatoms. The molecule has 1 aromatic carbocycles. The number of nitrogens with zero attached hydrogens (tertiary/aromatic N) is 1. The highest BCUT2D eigenvalue weighted by atomic mass is 16.7. The topological polar surface area (TPSA) is 64.1 Å².